The van der Waals surface area contributed by atoms with Crippen LogP contribution in [0.3, 0.4) is 0 Å². The van der Waals surface area contributed by atoms with Crippen LogP contribution in [0.25, 0.3) is 0 Å². The van der Waals surface area contributed by atoms with E-state index in [0.29, 0.717) is 24.1 Å². The molecule has 0 aliphatic carbocycles. The largest absolute Gasteiger partial charge is 0.481 e. The average Bonchev–Trinajstić information content (AvgIpc) is 1.97. The van der Waals surface area contributed by atoms with Gasteiger partial charge in [0.25, 0.3) is 0 Å². The number of nitrogens with zero attached hydrogens (tertiary/aromatic N) is 1. The highest BCUT2D eigenvalue weighted by Crippen LogP contribution is 2.18. The summed E-state index contributed by atoms with van der Waals surface area (Å²) in [6.07, 6.45) is 0. The van der Waals surface area contributed by atoms with Gasteiger partial charge in [-0.05, 0) is 5.25 Å². The minimum absolute atomic E-state index is 0.0567. The normalized spacial score (nSPS) is 16.9. The zero-order valence-electron chi connectivity index (χ0n) is 8.40. The molecule has 0 aromatic carbocycles. The molecule has 0 bridgehead atoms. The molecule has 1 saturated heterocycles. The van der Waals surface area contributed by atoms with Gasteiger partial charge in [-0.1, -0.05) is 13.8 Å². The minimum Gasteiger partial charge on any atom is -0.481 e. The molecule has 1 amide bonds. The SMILES string of the molecule is CC(C)SCC(=O)N1CC(C(=O)O)C1. The van der Waals surface area contributed by atoms with E-state index in [4.69, 9.17) is 5.11 Å². The molecule has 0 aromatic heterocycles. The van der Waals surface area contributed by atoms with E-state index >= 15 is 0 Å². The first-order valence-electron chi connectivity index (χ1n) is 4.63. The Balaban J connectivity index is 2.19. The fraction of sp³-hybridized carbons (Fsp3) is 0.778. The van der Waals surface area contributed by atoms with Gasteiger partial charge >= 0.3 is 5.97 Å². The maximum Gasteiger partial charge on any atom is 0.310 e. The Bertz CT molecular complexity index is 236. The Hall–Kier alpha value is -0.710. The van der Waals surface area contributed by atoms with Crippen molar-refractivity contribution in [3.63, 3.8) is 0 Å². The van der Waals surface area contributed by atoms with E-state index in [9.17, 15) is 9.59 Å². The molecule has 1 aliphatic rings. The summed E-state index contributed by atoms with van der Waals surface area (Å²) in [5.41, 5.74) is 0. The third-order valence-corrected chi connectivity index (χ3v) is 3.20. The van der Waals surface area contributed by atoms with Crippen molar-refractivity contribution in [1.82, 2.24) is 4.90 Å². The van der Waals surface area contributed by atoms with Crippen LogP contribution in [-0.4, -0.2) is 46.0 Å². The Labute approximate surface area is 87.7 Å². The molecule has 0 saturated carbocycles. The van der Waals surface area contributed by atoms with Gasteiger partial charge in [0.1, 0.15) is 0 Å². The van der Waals surface area contributed by atoms with Crippen LogP contribution in [-0.2, 0) is 9.59 Å². The summed E-state index contributed by atoms with van der Waals surface area (Å²) in [5, 5.41) is 9.05. The number of hydrogen-bond donors (Lipinski definition) is 1. The molecule has 14 heavy (non-hydrogen) atoms. The minimum atomic E-state index is -0.800. The van der Waals surface area contributed by atoms with E-state index in [-0.39, 0.29) is 11.8 Å². The first-order chi connectivity index (χ1) is 6.50. The molecule has 1 N–H and O–H groups in total. The Kier molecular flexibility index (Phi) is 3.80. The monoisotopic (exact) mass is 217 g/mol. The summed E-state index contributed by atoms with van der Waals surface area (Å²) in [6, 6.07) is 0. The highest BCUT2D eigenvalue weighted by molar-refractivity contribution is 8.00. The number of aliphatic carboxylic acids is 1. The van der Waals surface area contributed by atoms with Crippen LogP contribution in [0, 0.1) is 5.92 Å². The molecule has 1 rings (SSSR count). The fourth-order valence-electron chi connectivity index (χ4n) is 1.17. The van der Waals surface area contributed by atoms with Gasteiger partial charge < -0.3 is 10.0 Å². The molecular formula is C9H15NO3S. The Morgan fingerprint density at radius 1 is 1.50 bits per heavy atom. The molecule has 0 unspecified atom stereocenters. The second kappa shape index (κ2) is 4.68. The quantitative estimate of drug-likeness (QED) is 0.752. The lowest BCUT2D eigenvalue weighted by atomic mass is 10.0. The van der Waals surface area contributed by atoms with Gasteiger partial charge in [0.05, 0.1) is 11.7 Å². The number of thioether (sulfide) groups is 1. The van der Waals surface area contributed by atoms with Crippen LogP contribution in [0.4, 0.5) is 0 Å². The summed E-state index contributed by atoms with van der Waals surface area (Å²) < 4.78 is 0. The number of amides is 1. The standard InChI is InChI=1S/C9H15NO3S/c1-6(2)14-5-8(11)10-3-7(4-10)9(12)13/h6-7H,3-5H2,1-2H3,(H,12,13). The van der Waals surface area contributed by atoms with Gasteiger partial charge in [0.2, 0.25) is 5.91 Å². The van der Waals surface area contributed by atoms with Gasteiger partial charge in [-0.15, -0.1) is 11.8 Å². The van der Waals surface area contributed by atoms with Crippen LogP contribution in [0.5, 0.6) is 0 Å². The molecule has 80 valence electrons. The molecule has 4 nitrogen and oxygen atoms in total. The van der Waals surface area contributed by atoms with Gasteiger partial charge in [0, 0.05) is 13.1 Å². The van der Waals surface area contributed by atoms with Gasteiger partial charge in [0.15, 0.2) is 0 Å². The molecule has 5 heteroatoms. The lowest BCUT2D eigenvalue weighted by Crippen LogP contribution is -2.53. The van der Waals surface area contributed by atoms with E-state index in [1.807, 2.05) is 13.8 Å². The van der Waals surface area contributed by atoms with Crippen LogP contribution >= 0.6 is 11.8 Å². The highest BCUT2D eigenvalue weighted by atomic mass is 32.2. The smallest absolute Gasteiger partial charge is 0.310 e. The van der Waals surface area contributed by atoms with Crippen LogP contribution in [0.15, 0.2) is 0 Å². The van der Waals surface area contributed by atoms with E-state index in [2.05, 4.69) is 0 Å². The van der Waals surface area contributed by atoms with Crippen molar-refractivity contribution >= 4 is 23.6 Å². The molecule has 0 atom stereocenters. The summed E-state index contributed by atoms with van der Waals surface area (Å²) in [7, 11) is 0. The van der Waals surface area contributed by atoms with Gasteiger partial charge in [-0.3, -0.25) is 9.59 Å². The topological polar surface area (TPSA) is 57.6 Å². The molecule has 0 radical (unpaired) electrons. The zero-order valence-corrected chi connectivity index (χ0v) is 9.21. The van der Waals surface area contributed by atoms with Crippen molar-refractivity contribution in [2.24, 2.45) is 5.92 Å². The number of carboxylic acid groups (broad SMARTS) is 1. The molecule has 0 aromatic rings. The van der Waals surface area contributed by atoms with Crippen molar-refractivity contribution in [3.8, 4) is 0 Å². The maximum absolute atomic E-state index is 11.4. The number of rotatable bonds is 4. The second-order valence-electron chi connectivity index (χ2n) is 3.69. The van der Waals surface area contributed by atoms with E-state index in [1.54, 1.807) is 16.7 Å². The Morgan fingerprint density at radius 2 is 2.07 bits per heavy atom. The number of carboxylic acids is 1. The lowest BCUT2D eigenvalue weighted by molar-refractivity contribution is -0.151. The summed E-state index contributed by atoms with van der Waals surface area (Å²) in [6.45, 7) is 4.84. The van der Waals surface area contributed by atoms with Gasteiger partial charge in [-0.2, -0.15) is 0 Å². The molecular weight excluding hydrogens is 202 g/mol. The second-order valence-corrected chi connectivity index (χ2v) is 5.26. The maximum atomic E-state index is 11.4. The molecule has 1 fully saturated rings. The van der Waals surface area contributed by atoms with Crippen LogP contribution in [0.1, 0.15) is 13.8 Å². The van der Waals surface area contributed by atoms with E-state index in [0.717, 1.165) is 0 Å². The summed E-state index contributed by atoms with van der Waals surface area (Å²) in [4.78, 5) is 23.5. The van der Waals surface area contributed by atoms with Crippen molar-refractivity contribution in [2.45, 2.75) is 19.1 Å². The number of hydrogen-bond acceptors (Lipinski definition) is 3. The van der Waals surface area contributed by atoms with Crippen molar-refractivity contribution in [3.05, 3.63) is 0 Å². The zero-order chi connectivity index (χ0) is 10.7. The average molecular weight is 217 g/mol. The lowest BCUT2D eigenvalue weighted by Gasteiger charge is -2.36. The summed E-state index contributed by atoms with van der Waals surface area (Å²) >= 11 is 1.59. The van der Waals surface area contributed by atoms with Crippen LogP contribution < -0.4 is 0 Å². The van der Waals surface area contributed by atoms with E-state index < -0.39 is 5.97 Å². The van der Waals surface area contributed by atoms with Crippen molar-refractivity contribution in [1.29, 1.82) is 0 Å². The Morgan fingerprint density at radius 3 is 2.50 bits per heavy atom. The molecule has 0 spiro atoms. The van der Waals surface area contributed by atoms with E-state index in [1.165, 1.54) is 0 Å². The third kappa shape index (κ3) is 2.90. The summed E-state index contributed by atoms with van der Waals surface area (Å²) in [5.74, 6) is -0.626. The first kappa shape index (κ1) is 11.4. The van der Waals surface area contributed by atoms with Gasteiger partial charge in [-0.25, -0.2) is 0 Å². The predicted octanol–water partition coefficient (Wildman–Crippen LogP) is 0.671. The third-order valence-electron chi connectivity index (χ3n) is 2.12. The van der Waals surface area contributed by atoms with Crippen LogP contribution in [0.2, 0.25) is 0 Å². The highest BCUT2D eigenvalue weighted by Gasteiger charge is 2.35. The first-order valence-corrected chi connectivity index (χ1v) is 5.67. The number of carbonyl (C=O) groups excluding carboxylic acids is 1. The molecule has 1 heterocycles. The van der Waals surface area contributed by atoms with Crippen molar-refractivity contribution < 1.29 is 14.7 Å². The number of carbonyl (C=O) groups is 2. The van der Waals surface area contributed by atoms with Crippen molar-refractivity contribution in [2.75, 3.05) is 18.8 Å². The predicted molar refractivity (Wildman–Crippen MR) is 55.3 cm³/mol. The molecule has 1 aliphatic heterocycles. The number of likely N-dealkylation sites (tertiary alicyclic amines) is 1. The fourth-order valence-corrected chi connectivity index (χ4v) is 1.83.